The molecule has 0 bridgehead atoms. The third-order valence-corrected chi connectivity index (χ3v) is 7.62. The number of piperidine rings is 1. The van der Waals surface area contributed by atoms with E-state index in [4.69, 9.17) is 4.74 Å². The maximum absolute atomic E-state index is 13.4. The van der Waals surface area contributed by atoms with Crippen molar-refractivity contribution in [3.63, 3.8) is 0 Å². The normalized spacial score (nSPS) is 13.9. The number of carbonyl (C=O) groups excluding carboxylic acids is 1. The molecule has 3 aromatic rings. The molecule has 0 aliphatic carbocycles. The quantitative estimate of drug-likeness (QED) is 0.514. The van der Waals surface area contributed by atoms with Crippen LogP contribution in [-0.4, -0.2) is 41.1 Å². The van der Waals surface area contributed by atoms with Crippen molar-refractivity contribution >= 4 is 33.0 Å². The van der Waals surface area contributed by atoms with Gasteiger partial charge < -0.3 is 15.0 Å². The first-order valence-corrected chi connectivity index (χ1v) is 12.8. The molecule has 1 saturated heterocycles. The van der Waals surface area contributed by atoms with Crippen molar-refractivity contribution in [3.8, 4) is 5.75 Å². The summed E-state index contributed by atoms with van der Waals surface area (Å²) in [5.74, 6) is 0.0625. The zero-order valence-corrected chi connectivity index (χ0v) is 20.0. The van der Waals surface area contributed by atoms with Crippen molar-refractivity contribution in [2.75, 3.05) is 41.3 Å². The van der Waals surface area contributed by atoms with Crippen molar-refractivity contribution in [2.24, 2.45) is 0 Å². The number of hydrogen-bond donors (Lipinski definition) is 1. The summed E-state index contributed by atoms with van der Waals surface area (Å²) in [4.78, 5) is 15.4. The van der Waals surface area contributed by atoms with Crippen LogP contribution in [0.15, 0.2) is 83.8 Å². The Hall–Kier alpha value is -3.52. The molecule has 0 saturated carbocycles. The molecule has 0 atom stereocenters. The zero-order valence-electron chi connectivity index (χ0n) is 19.2. The minimum absolute atomic E-state index is 0.108. The van der Waals surface area contributed by atoms with Gasteiger partial charge in [0, 0.05) is 30.5 Å². The summed E-state index contributed by atoms with van der Waals surface area (Å²) in [5, 5.41) is 2.83. The molecule has 0 radical (unpaired) electrons. The summed E-state index contributed by atoms with van der Waals surface area (Å²) in [6.45, 7) is 1.70. The van der Waals surface area contributed by atoms with E-state index in [0.29, 0.717) is 17.1 Å². The summed E-state index contributed by atoms with van der Waals surface area (Å²) in [6.07, 6.45) is 3.64. The second kappa shape index (κ2) is 10.6. The first-order valence-electron chi connectivity index (χ1n) is 11.3. The van der Waals surface area contributed by atoms with Gasteiger partial charge in [-0.2, -0.15) is 0 Å². The topological polar surface area (TPSA) is 79.0 Å². The Labute approximate surface area is 201 Å². The second-order valence-electron chi connectivity index (χ2n) is 8.17. The van der Waals surface area contributed by atoms with Gasteiger partial charge in [0.2, 0.25) is 5.91 Å². The van der Waals surface area contributed by atoms with Crippen LogP contribution >= 0.6 is 0 Å². The lowest BCUT2D eigenvalue weighted by molar-refractivity contribution is -0.114. The molecule has 34 heavy (non-hydrogen) atoms. The standard InChI is InChI=1S/C26H29N3O4S/c1-33-24-10-8-9-23(19-24)29(34(31,32)25-11-4-2-5-12-25)20-26(30)27-21-13-15-22(16-14-21)28-17-6-3-7-18-28/h2,4-5,8-16,19H,3,6-7,17-18,20H2,1H3,(H,27,30). The lowest BCUT2D eigenvalue weighted by atomic mass is 10.1. The van der Waals surface area contributed by atoms with Gasteiger partial charge in [0.15, 0.2) is 0 Å². The van der Waals surface area contributed by atoms with Crippen LogP contribution in [0.5, 0.6) is 5.75 Å². The Morgan fingerprint density at radius 2 is 1.65 bits per heavy atom. The zero-order chi connectivity index (χ0) is 24.0. The third-order valence-electron chi connectivity index (χ3n) is 5.83. The number of rotatable bonds is 8. The highest BCUT2D eigenvalue weighted by Crippen LogP contribution is 2.27. The Balaban J connectivity index is 1.54. The van der Waals surface area contributed by atoms with Crippen LogP contribution in [0.4, 0.5) is 17.1 Å². The van der Waals surface area contributed by atoms with Gasteiger partial charge in [-0.3, -0.25) is 9.10 Å². The lowest BCUT2D eigenvalue weighted by Crippen LogP contribution is -2.38. The monoisotopic (exact) mass is 479 g/mol. The number of nitrogens with one attached hydrogen (secondary N) is 1. The van der Waals surface area contributed by atoms with Crippen molar-refractivity contribution < 1.29 is 17.9 Å². The minimum atomic E-state index is -3.98. The number of sulfonamides is 1. The third kappa shape index (κ3) is 5.51. The molecule has 178 valence electrons. The van der Waals surface area contributed by atoms with E-state index in [-0.39, 0.29) is 11.4 Å². The number of benzene rings is 3. The van der Waals surface area contributed by atoms with Gasteiger partial charge in [0.25, 0.3) is 10.0 Å². The van der Waals surface area contributed by atoms with Crippen LogP contribution in [0.2, 0.25) is 0 Å². The summed E-state index contributed by atoms with van der Waals surface area (Å²) < 4.78 is 33.2. The number of ether oxygens (including phenoxy) is 1. The first-order chi connectivity index (χ1) is 16.5. The number of hydrogen-bond acceptors (Lipinski definition) is 5. The van der Waals surface area contributed by atoms with E-state index in [0.717, 1.165) is 23.1 Å². The van der Waals surface area contributed by atoms with Gasteiger partial charge in [-0.25, -0.2) is 8.42 Å². The van der Waals surface area contributed by atoms with Gasteiger partial charge in [-0.05, 0) is 67.8 Å². The summed E-state index contributed by atoms with van der Waals surface area (Å²) in [7, 11) is -2.47. The van der Waals surface area contributed by atoms with Crippen LogP contribution in [0.25, 0.3) is 0 Å². The Morgan fingerprint density at radius 3 is 2.32 bits per heavy atom. The molecule has 1 fully saturated rings. The van der Waals surface area contributed by atoms with E-state index in [9.17, 15) is 13.2 Å². The Bertz CT molecular complexity index is 1210. The van der Waals surface area contributed by atoms with Gasteiger partial charge in [0.05, 0.1) is 17.7 Å². The fourth-order valence-corrected chi connectivity index (χ4v) is 5.47. The molecule has 0 aromatic heterocycles. The molecule has 1 N–H and O–H groups in total. The highest BCUT2D eigenvalue weighted by molar-refractivity contribution is 7.92. The highest BCUT2D eigenvalue weighted by Gasteiger charge is 2.27. The van der Waals surface area contributed by atoms with Gasteiger partial charge in [-0.1, -0.05) is 24.3 Å². The minimum Gasteiger partial charge on any atom is -0.497 e. The number of nitrogens with zero attached hydrogens (tertiary/aromatic N) is 2. The number of methoxy groups -OCH3 is 1. The van der Waals surface area contributed by atoms with E-state index in [2.05, 4.69) is 10.2 Å². The van der Waals surface area contributed by atoms with Crippen molar-refractivity contribution in [2.45, 2.75) is 24.2 Å². The van der Waals surface area contributed by atoms with E-state index in [1.807, 2.05) is 24.3 Å². The lowest BCUT2D eigenvalue weighted by Gasteiger charge is -2.29. The van der Waals surface area contributed by atoms with Crippen LogP contribution in [0.3, 0.4) is 0 Å². The summed E-state index contributed by atoms with van der Waals surface area (Å²) in [5.41, 5.74) is 2.09. The fourth-order valence-electron chi connectivity index (χ4n) is 4.04. The number of amides is 1. The molecule has 0 unspecified atom stereocenters. The molecule has 1 aliphatic rings. The molecule has 1 aliphatic heterocycles. The summed E-state index contributed by atoms with van der Waals surface area (Å²) >= 11 is 0. The molecule has 8 heteroatoms. The van der Waals surface area contributed by atoms with E-state index in [1.165, 1.54) is 38.5 Å². The number of anilines is 3. The van der Waals surface area contributed by atoms with Crippen molar-refractivity contribution in [1.82, 2.24) is 0 Å². The van der Waals surface area contributed by atoms with Crippen LogP contribution in [-0.2, 0) is 14.8 Å². The van der Waals surface area contributed by atoms with E-state index in [1.54, 1.807) is 42.5 Å². The fraction of sp³-hybridized carbons (Fsp3) is 0.269. The SMILES string of the molecule is COc1cccc(N(CC(=O)Nc2ccc(N3CCCCC3)cc2)S(=O)(=O)c2ccccc2)c1. The maximum Gasteiger partial charge on any atom is 0.264 e. The summed E-state index contributed by atoms with van der Waals surface area (Å²) in [6, 6.07) is 22.4. The molecule has 7 nitrogen and oxygen atoms in total. The van der Waals surface area contributed by atoms with E-state index < -0.39 is 15.9 Å². The van der Waals surface area contributed by atoms with Crippen LogP contribution < -0.4 is 19.3 Å². The van der Waals surface area contributed by atoms with Gasteiger partial charge in [-0.15, -0.1) is 0 Å². The number of carbonyl (C=O) groups is 1. The molecule has 1 amide bonds. The molecule has 3 aromatic carbocycles. The Morgan fingerprint density at radius 1 is 0.941 bits per heavy atom. The highest BCUT2D eigenvalue weighted by atomic mass is 32.2. The first kappa shape index (κ1) is 23.6. The molecule has 1 heterocycles. The van der Waals surface area contributed by atoms with Gasteiger partial charge >= 0.3 is 0 Å². The largest absolute Gasteiger partial charge is 0.497 e. The molecular weight excluding hydrogens is 450 g/mol. The second-order valence-corrected chi connectivity index (χ2v) is 10.0. The smallest absolute Gasteiger partial charge is 0.264 e. The molecule has 0 spiro atoms. The average Bonchev–Trinajstić information content (AvgIpc) is 2.88. The van der Waals surface area contributed by atoms with Gasteiger partial charge in [0.1, 0.15) is 12.3 Å². The van der Waals surface area contributed by atoms with Crippen LogP contribution in [0.1, 0.15) is 19.3 Å². The van der Waals surface area contributed by atoms with Crippen LogP contribution in [0, 0.1) is 0 Å². The Kier molecular flexibility index (Phi) is 7.37. The molecular formula is C26H29N3O4S. The van der Waals surface area contributed by atoms with Crippen molar-refractivity contribution in [1.29, 1.82) is 0 Å². The molecule has 4 rings (SSSR count). The predicted octanol–water partition coefficient (Wildman–Crippen LogP) is 4.52. The van der Waals surface area contributed by atoms with Crippen molar-refractivity contribution in [3.05, 3.63) is 78.9 Å². The maximum atomic E-state index is 13.4. The average molecular weight is 480 g/mol. The predicted molar refractivity (Wildman–Crippen MR) is 135 cm³/mol. The van der Waals surface area contributed by atoms with E-state index >= 15 is 0 Å².